The van der Waals surface area contributed by atoms with Crippen LogP contribution in [0.2, 0.25) is 0 Å². The topological polar surface area (TPSA) is 49.4 Å². The van der Waals surface area contributed by atoms with Crippen LogP contribution in [-0.4, -0.2) is 26.8 Å². The molecule has 6 heteroatoms. The molecule has 0 saturated heterocycles. The van der Waals surface area contributed by atoms with Crippen molar-refractivity contribution in [3.05, 3.63) is 51.7 Å². The minimum atomic E-state index is -3.43. The highest BCUT2D eigenvalue weighted by Gasteiger charge is 2.22. The van der Waals surface area contributed by atoms with Crippen LogP contribution in [0.1, 0.15) is 16.0 Å². The number of nitrogens with zero attached hydrogens (tertiary/aromatic N) is 1. The molecule has 1 aromatic carbocycles. The van der Waals surface area contributed by atoms with Gasteiger partial charge in [0.25, 0.3) is 0 Å². The van der Waals surface area contributed by atoms with Gasteiger partial charge in [0.1, 0.15) is 0 Å². The monoisotopic (exact) mass is 324 g/mol. The lowest BCUT2D eigenvalue weighted by molar-refractivity contribution is 0.467. The van der Waals surface area contributed by atoms with Crippen molar-refractivity contribution in [1.29, 1.82) is 0 Å². The van der Waals surface area contributed by atoms with Crippen molar-refractivity contribution in [3.63, 3.8) is 0 Å². The zero-order chi connectivity index (χ0) is 15.5. The molecular weight excluding hydrogens is 304 g/mol. The summed E-state index contributed by atoms with van der Waals surface area (Å²) < 4.78 is 26.5. The van der Waals surface area contributed by atoms with Gasteiger partial charge in [-0.05, 0) is 25.6 Å². The molecule has 0 amide bonds. The van der Waals surface area contributed by atoms with Crippen molar-refractivity contribution in [2.24, 2.45) is 0 Å². The largest absolute Gasteiger partial charge is 0.315 e. The Kier molecular flexibility index (Phi) is 5.16. The van der Waals surface area contributed by atoms with E-state index in [1.165, 1.54) is 15.6 Å². The quantitative estimate of drug-likeness (QED) is 0.888. The van der Waals surface area contributed by atoms with E-state index in [1.807, 2.05) is 38.2 Å². The molecule has 0 atom stereocenters. The van der Waals surface area contributed by atoms with E-state index in [9.17, 15) is 8.42 Å². The normalized spacial score (nSPS) is 12.0. The number of aryl methyl sites for hydroxylation is 1. The zero-order valence-electron chi connectivity index (χ0n) is 12.5. The van der Waals surface area contributed by atoms with Gasteiger partial charge in [0.05, 0.1) is 4.90 Å². The highest BCUT2D eigenvalue weighted by Crippen LogP contribution is 2.23. The van der Waals surface area contributed by atoms with Gasteiger partial charge in [-0.1, -0.05) is 29.8 Å². The predicted molar refractivity (Wildman–Crippen MR) is 86.9 cm³/mol. The summed E-state index contributed by atoms with van der Waals surface area (Å²) in [6.07, 6.45) is 0. The number of benzene rings is 1. The smallest absolute Gasteiger partial charge is 0.243 e. The first-order valence-corrected chi connectivity index (χ1v) is 8.99. The van der Waals surface area contributed by atoms with Crippen LogP contribution in [0.15, 0.2) is 40.6 Å². The molecule has 0 bridgehead atoms. The van der Waals surface area contributed by atoms with Crippen LogP contribution >= 0.6 is 11.3 Å². The van der Waals surface area contributed by atoms with Crippen LogP contribution in [-0.2, 0) is 23.1 Å². The number of nitrogens with one attached hydrogen (secondary N) is 1. The van der Waals surface area contributed by atoms with E-state index in [1.54, 1.807) is 18.5 Å². The fraction of sp³-hybridized carbons (Fsp3) is 0.333. The molecule has 1 heterocycles. The Bertz CT molecular complexity index is 708. The Labute approximate surface area is 130 Å². The Morgan fingerprint density at radius 3 is 2.71 bits per heavy atom. The van der Waals surface area contributed by atoms with E-state index in [0.717, 1.165) is 16.0 Å². The average molecular weight is 324 g/mol. The van der Waals surface area contributed by atoms with Gasteiger partial charge in [0.2, 0.25) is 10.0 Å². The lowest BCUT2D eigenvalue weighted by Gasteiger charge is -2.16. The molecule has 114 valence electrons. The number of hydrogen-bond acceptors (Lipinski definition) is 4. The second-order valence-electron chi connectivity index (χ2n) is 5.03. The van der Waals surface area contributed by atoms with Crippen molar-refractivity contribution in [3.8, 4) is 0 Å². The van der Waals surface area contributed by atoms with Gasteiger partial charge in [0, 0.05) is 30.4 Å². The van der Waals surface area contributed by atoms with Gasteiger partial charge in [-0.15, -0.1) is 11.3 Å². The minimum Gasteiger partial charge on any atom is -0.315 e. The van der Waals surface area contributed by atoms with Gasteiger partial charge in [-0.2, -0.15) is 4.31 Å². The number of thiophene rings is 1. The molecule has 0 saturated carbocycles. The number of rotatable bonds is 6. The van der Waals surface area contributed by atoms with Crippen molar-refractivity contribution in [1.82, 2.24) is 9.62 Å². The van der Waals surface area contributed by atoms with Crippen LogP contribution in [0.3, 0.4) is 0 Å². The molecule has 2 rings (SSSR count). The molecule has 4 nitrogen and oxygen atoms in total. The third kappa shape index (κ3) is 3.91. The summed E-state index contributed by atoms with van der Waals surface area (Å²) in [7, 11) is 0.0316. The summed E-state index contributed by atoms with van der Waals surface area (Å²) >= 11 is 1.46. The summed E-state index contributed by atoms with van der Waals surface area (Å²) in [5.41, 5.74) is 2.12. The lowest BCUT2D eigenvalue weighted by atomic mass is 10.1. The van der Waals surface area contributed by atoms with E-state index in [2.05, 4.69) is 5.32 Å². The molecule has 1 aromatic heterocycles. The van der Waals surface area contributed by atoms with Crippen LogP contribution < -0.4 is 5.32 Å². The summed E-state index contributed by atoms with van der Waals surface area (Å²) in [4.78, 5) is 1.38. The van der Waals surface area contributed by atoms with Gasteiger partial charge in [0.15, 0.2) is 0 Å². The molecule has 0 aliphatic heterocycles. The number of sulfonamides is 1. The molecular formula is C15H20N2O2S2. The Morgan fingerprint density at radius 1 is 1.29 bits per heavy atom. The van der Waals surface area contributed by atoms with E-state index in [0.29, 0.717) is 18.0 Å². The van der Waals surface area contributed by atoms with Gasteiger partial charge < -0.3 is 5.32 Å². The highest BCUT2D eigenvalue weighted by molar-refractivity contribution is 7.89. The van der Waals surface area contributed by atoms with Crippen LogP contribution in [0, 0.1) is 6.92 Å². The Balaban J connectivity index is 2.17. The minimum absolute atomic E-state index is 0.368. The zero-order valence-corrected chi connectivity index (χ0v) is 14.1. The van der Waals surface area contributed by atoms with E-state index in [-0.39, 0.29) is 0 Å². The van der Waals surface area contributed by atoms with Gasteiger partial charge in [-0.3, -0.25) is 0 Å². The molecule has 2 aromatic rings. The van der Waals surface area contributed by atoms with Crippen molar-refractivity contribution >= 4 is 21.4 Å². The maximum absolute atomic E-state index is 12.6. The molecule has 0 aliphatic rings. The highest BCUT2D eigenvalue weighted by atomic mass is 32.2. The third-order valence-corrected chi connectivity index (χ3v) is 6.04. The van der Waals surface area contributed by atoms with Gasteiger partial charge >= 0.3 is 0 Å². The molecule has 0 unspecified atom stereocenters. The maximum atomic E-state index is 12.6. The van der Waals surface area contributed by atoms with E-state index >= 15 is 0 Å². The first-order chi connectivity index (χ1) is 9.93. The van der Waals surface area contributed by atoms with E-state index < -0.39 is 10.0 Å². The second-order valence-corrected chi connectivity index (χ2v) is 8.07. The van der Waals surface area contributed by atoms with Crippen molar-refractivity contribution in [2.45, 2.75) is 24.9 Å². The maximum Gasteiger partial charge on any atom is 0.243 e. The molecule has 0 aliphatic carbocycles. The number of hydrogen-bond donors (Lipinski definition) is 1. The second kappa shape index (κ2) is 6.70. The molecule has 0 radical (unpaired) electrons. The molecule has 0 spiro atoms. The van der Waals surface area contributed by atoms with Crippen molar-refractivity contribution < 1.29 is 8.42 Å². The molecule has 0 fully saturated rings. The standard InChI is InChI=1S/C15H20N2O2S2/c1-12-5-4-6-13(7-12)10-17(3)21(18,19)15-8-14(9-16-2)20-11-15/h4-8,11,16H,9-10H2,1-3H3. The van der Waals surface area contributed by atoms with Crippen LogP contribution in [0.25, 0.3) is 0 Å². The van der Waals surface area contributed by atoms with Crippen LogP contribution in [0.5, 0.6) is 0 Å². The Hall–Kier alpha value is -1.21. The fourth-order valence-corrected chi connectivity index (χ4v) is 4.53. The van der Waals surface area contributed by atoms with Crippen LogP contribution in [0.4, 0.5) is 0 Å². The lowest BCUT2D eigenvalue weighted by Crippen LogP contribution is -2.26. The van der Waals surface area contributed by atoms with E-state index in [4.69, 9.17) is 0 Å². The third-order valence-electron chi connectivity index (χ3n) is 3.18. The molecule has 21 heavy (non-hydrogen) atoms. The average Bonchev–Trinajstić information content (AvgIpc) is 2.88. The summed E-state index contributed by atoms with van der Waals surface area (Å²) in [5, 5.41) is 4.73. The fourth-order valence-electron chi connectivity index (χ4n) is 2.10. The summed E-state index contributed by atoms with van der Waals surface area (Å²) in [6.45, 7) is 3.06. The Morgan fingerprint density at radius 2 is 2.05 bits per heavy atom. The van der Waals surface area contributed by atoms with Gasteiger partial charge in [-0.25, -0.2) is 8.42 Å². The molecule has 1 N–H and O–H groups in total. The summed E-state index contributed by atoms with van der Waals surface area (Å²) in [6, 6.07) is 9.63. The summed E-state index contributed by atoms with van der Waals surface area (Å²) in [5.74, 6) is 0. The first kappa shape index (κ1) is 16.2. The SMILES string of the molecule is CNCc1cc(S(=O)(=O)N(C)Cc2cccc(C)c2)cs1. The van der Waals surface area contributed by atoms with Crippen molar-refractivity contribution in [2.75, 3.05) is 14.1 Å². The first-order valence-electron chi connectivity index (χ1n) is 6.67. The predicted octanol–water partition coefficient (Wildman–Crippen LogP) is 2.60.